The molecule has 0 bridgehead atoms. The third-order valence-corrected chi connectivity index (χ3v) is 5.17. The van der Waals surface area contributed by atoms with E-state index in [0.29, 0.717) is 37.8 Å². The van der Waals surface area contributed by atoms with E-state index in [9.17, 15) is 9.18 Å². The molecule has 25 heavy (non-hydrogen) atoms. The Labute approximate surface area is 149 Å². The van der Waals surface area contributed by atoms with Crippen LogP contribution in [0, 0.1) is 11.7 Å². The molecule has 2 aliphatic heterocycles. The van der Waals surface area contributed by atoms with Gasteiger partial charge in [0.2, 0.25) is 5.91 Å². The minimum Gasteiger partial charge on any atom is -0.379 e. The van der Waals surface area contributed by atoms with Crippen molar-refractivity contribution >= 4 is 5.91 Å². The number of amides is 1. The zero-order valence-electron chi connectivity index (χ0n) is 14.9. The Kier molecular flexibility index (Phi) is 6.39. The molecule has 0 radical (unpaired) electrons. The molecule has 3 rings (SSSR count). The first kappa shape index (κ1) is 18.3. The first-order valence-corrected chi connectivity index (χ1v) is 9.20. The number of piperidine rings is 1. The molecule has 6 heteroatoms. The van der Waals surface area contributed by atoms with Crippen LogP contribution in [0.4, 0.5) is 4.39 Å². The molecule has 2 aliphatic rings. The number of nitrogens with zero attached hydrogens (tertiary/aromatic N) is 2. The molecule has 0 spiro atoms. The van der Waals surface area contributed by atoms with Crippen LogP contribution < -0.4 is 5.32 Å². The summed E-state index contributed by atoms with van der Waals surface area (Å²) in [6, 6.07) is 6.10. The molecule has 5 nitrogen and oxygen atoms in total. The topological polar surface area (TPSA) is 44.8 Å². The molecule has 2 fully saturated rings. The van der Waals surface area contributed by atoms with Gasteiger partial charge in [0.05, 0.1) is 13.2 Å². The van der Waals surface area contributed by atoms with Gasteiger partial charge in [-0.2, -0.15) is 0 Å². The van der Waals surface area contributed by atoms with Crippen LogP contribution in [0.25, 0.3) is 0 Å². The van der Waals surface area contributed by atoms with Crippen LogP contribution in [0.1, 0.15) is 24.4 Å². The summed E-state index contributed by atoms with van der Waals surface area (Å²) in [5.74, 6) is 0.178. The number of carbonyl (C=O) groups is 1. The van der Waals surface area contributed by atoms with E-state index in [1.165, 1.54) is 6.07 Å². The summed E-state index contributed by atoms with van der Waals surface area (Å²) < 4.78 is 19.9. The van der Waals surface area contributed by atoms with Gasteiger partial charge < -0.3 is 15.0 Å². The van der Waals surface area contributed by atoms with Gasteiger partial charge in [-0.25, -0.2) is 4.39 Å². The summed E-state index contributed by atoms with van der Waals surface area (Å²) >= 11 is 0. The fourth-order valence-corrected chi connectivity index (χ4v) is 3.91. The number of rotatable bonds is 5. The van der Waals surface area contributed by atoms with Crippen molar-refractivity contribution in [1.29, 1.82) is 0 Å². The summed E-state index contributed by atoms with van der Waals surface area (Å²) in [6.45, 7) is 4.88. The van der Waals surface area contributed by atoms with Gasteiger partial charge in [0.15, 0.2) is 0 Å². The summed E-state index contributed by atoms with van der Waals surface area (Å²) in [6.07, 6.45) is 2.14. The molecular weight excluding hydrogens is 321 g/mol. The number of halogens is 1. The second kappa shape index (κ2) is 8.74. The van der Waals surface area contributed by atoms with Crippen LogP contribution in [0.15, 0.2) is 24.3 Å². The van der Waals surface area contributed by atoms with Crippen LogP contribution in [0.2, 0.25) is 0 Å². The van der Waals surface area contributed by atoms with Crippen LogP contribution >= 0.6 is 0 Å². The van der Waals surface area contributed by atoms with E-state index >= 15 is 0 Å². The van der Waals surface area contributed by atoms with Crippen molar-refractivity contribution in [2.24, 2.45) is 5.92 Å². The van der Waals surface area contributed by atoms with Crippen molar-refractivity contribution in [3.63, 3.8) is 0 Å². The smallest absolute Gasteiger partial charge is 0.244 e. The molecule has 0 aliphatic carbocycles. The van der Waals surface area contributed by atoms with Crippen LogP contribution in [-0.4, -0.2) is 68.7 Å². The van der Waals surface area contributed by atoms with E-state index in [2.05, 4.69) is 10.2 Å². The minimum absolute atomic E-state index is 0.0211. The van der Waals surface area contributed by atoms with E-state index in [0.717, 1.165) is 32.5 Å². The maximum absolute atomic E-state index is 14.5. The number of likely N-dealkylation sites (tertiary alicyclic amines) is 1. The van der Waals surface area contributed by atoms with Gasteiger partial charge in [0, 0.05) is 31.7 Å². The number of benzene rings is 1. The largest absolute Gasteiger partial charge is 0.379 e. The second-order valence-electron chi connectivity index (χ2n) is 6.92. The van der Waals surface area contributed by atoms with Crippen LogP contribution in [-0.2, 0) is 9.53 Å². The van der Waals surface area contributed by atoms with Crippen molar-refractivity contribution < 1.29 is 13.9 Å². The van der Waals surface area contributed by atoms with Gasteiger partial charge in [-0.3, -0.25) is 9.69 Å². The van der Waals surface area contributed by atoms with Gasteiger partial charge in [-0.15, -0.1) is 0 Å². The molecule has 1 aromatic carbocycles. The number of hydrogen-bond acceptors (Lipinski definition) is 4. The molecule has 2 saturated heterocycles. The first-order chi connectivity index (χ1) is 12.2. The maximum Gasteiger partial charge on any atom is 0.244 e. The highest BCUT2D eigenvalue weighted by atomic mass is 19.1. The summed E-state index contributed by atoms with van der Waals surface area (Å²) in [5.41, 5.74) is 0.477. The number of morpholine rings is 1. The fraction of sp³-hybridized carbons (Fsp3) is 0.632. The molecule has 2 atom stereocenters. The van der Waals surface area contributed by atoms with E-state index < -0.39 is 6.04 Å². The standard InChI is InChI=1S/C19H28FN3O2/c1-21-13-15-5-4-8-23(14-15)19(24)18(22-9-11-25-12-10-22)16-6-2-3-7-17(16)20/h2-3,6-7,15,18,21H,4-5,8-14H2,1H3/t15-,18-/m0/s1. The molecule has 138 valence electrons. The lowest BCUT2D eigenvalue weighted by molar-refractivity contribution is -0.141. The van der Waals surface area contributed by atoms with Gasteiger partial charge in [-0.05, 0) is 38.4 Å². The monoisotopic (exact) mass is 349 g/mol. The molecular formula is C19H28FN3O2. The van der Waals surface area contributed by atoms with E-state index in [-0.39, 0.29) is 11.7 Å². The minimum atomic E-state index is -0.557. The number of nitrogens with one attached hydrogen (secondary N) is 1. The van der Waals surface area contributed by atoms with Crippen LogP contribution in [0.3, 0.4) is 0 Å². The third kappa shape index (κ3) is 4.37. The lowest BCUT2D eigenvalue weighted by atomic mass is 9.95. The summed E-state index contributed by atoms with van der Waals surface area (Å²) in [4.78, 5) is 17.3. The van der Waals surface area contributed by atoms with E-state index in [1.807, 2.05) is 11.9 Å². The Bertz CT molecular complexity index is 576. The zero-order valence-corrected chi connectivity index (χ0v) is 14.9. The number of carbonyl (C=O) groups excluding carboxylic acids is 1. The van der Waals surface area contributed by atoms with Crippen molar-refractivity contribution in [3.05, 3.63) is 35.6 Å². The van der Waals surface area contributed by atoms with E-state index in [1.54, 1.807) is 18.2 Å². The highest BCUT2D eigenvalue weighted by Gasteiger charge is 2.35. The molecule has 1 N–H and O–H groups in total. The van der Waals surface area contributed by atoms with Crippen molar-refractivity contribution in [2.45, 2.75) is 18.9 Å². The molecule has 2 heterocycles. The normalized spacial score (nSPS) is 23.4. The number of ether oxygens (including phenoxy) is 1. The Morgan fingerprint density at radius 1 is 1.32 bits per heavy atom. The van der Waals surface area contributed by atoms with Crippen molar-refractivity contribution in [1.82, 2.24) is 15.1 Å². The zero-order chi connectivity index (χ0) is 17.6. The Morgan fingerprint density at radius 3 is 2.80 bits per heavy atom. The van der Waals surface area contributed by atoms with Gasteiger partial charge in [0.25, 0.3) is 0 Å². The fourth-order valence-electron chi connectivity index (χ4n) is 3.91. The second-order valence-corrected chi connectivity index (χ2v) is 6.92. The highest BCUT2D eigenvalue weighted by molar-refractivity contribution is 5.83. The Hall–Kier alpha value is -1.50. The van der Waals surface area contributed by atoms with Crippen molar-refractivity contribution in [2.75, 3.05) is 53.0 Å². The molecule has 0 unspecified atom stereocenters. The molecule has 0 saturated carbocycles. The predicted molar refractivity (Wildman–Crippen MR) is 94.8 cm³/mol. The maximum atomic E-state index is 14.5. The molecule has 0 aromatic heterocycles. The summed E-state index contributed by atoms with van der Waals surface area (Å²) in [7, 11) is 1.94. The Balaban J connectivity index is 1.83. The van der Waals surface area contributed by atoms with E-state index in [4.69, 9.17) is 4.74 Å². The SMILES string of the molecule is CNC[C@@H]1CCCN(C(=O)[C@H](c2ccccc2F)N2CCOCC2)C1. The quantitative estimate of drug-likeness (QED) is 0.878. The van der Waals surface area contributed by atoms with Gasteiger partial charge >= 0.3 is 0 Å². The van der Waals surface area contributed by atoms with Crippen molar-refractivity contribution in [3.8, 4) is 0 Å². The highest BCUT2D eigenvalue weighted by Crippen LogP contribution is 2.28. The lowest BCUT2D eigenvalue weighted by Gasteiger charge is -2.39. The predicted octanol–water partition coefficient (Wildman–Crippen LogP) is 1.66. The lowest BCUT2D eigenvalue weighted by Crippen LogP contribution is -2.50. The summed E-state index contributed by atoms with van der Waals surface area (Å²) in [5, 5.41) is 3.21. The van der Waals surface area contributed by atoms with Gasteiger partial charge in [-0.1, -0.05) is 18.2 Å². The average molecular weight is 349 g/mol. The first-order valence-electron chi connectivity index (χ1n) is 9.20. The third-order valence-electron chi connectivity index (χ3n) is 5.17. The molecule has 1 amide bonds. The van der Waals surface area contributed by atoms with Gasteiger partial charge in [0.1, 0.15) is 11.9 Å². The average Bonchev–Trinajstić information content (AvgIpc) is 2.65. The Morgan fingerprint density at radius 2 is 2.08 bits per heavy atom. The molecule has 1 aromatic rings. The van der Waals surface area contributed by atoms with Crippen LogP contribution in [0.5, 0.6) is 0 Å². The number of hydrogen-bond donors (Lipinski definition) is 1.